The van der Waals surface area contributed by atoms with E-state index in [9.17, 15) is 4.79 Å². The van der Waals surface area contributed by atoms with Crippen LogP contribution in [0, 0.1) is 46.3 Å². The molecule has 4 heteroatoms. The van der Waals surface area contributed by atoms with Crippen LogP contribution in [0.2, 0.25) is 0 Å². The van der Waals surface area contributed by atoms with Gasteiger partial charge in [-0.15, -0.1) is 0 Å². The largest absolute Gasteiger partial charge is 0.462 e. The molecule has 1 spiro atoms. The van der Waals surface area contributed by atoms with Crippen LogP contribution in [-0.2, 0) is 14.3 Å². The van der Waals surface area contributed by atoms with E-state index >= 15 is 0 Å². The van der Waals surface area contributed by atoms with Gasteiger partial charge < -0.3 is 9.47 Å². The number of carbonyl (C=O) groups is 1. The molecule has 6 rings (SSSR count). The molecule has 0 radical (unpaired) electrons. The van der Waals surface area contributed by atoms with Crippen LogP contribution < -0.4 is 5.32 Å². The third-order valence-electron chi connectivity index (χ3n) is 11.9. The number of fused-ring (bicyclic) bond motifs is 7. The van der Waals surface area contributed by atoms with E-state index < -0.39 is 0 Å². The second-order valence-electron chi connectivity index (χ2n) is 13.4. The maximum Gasteiger partial charge on any atom is 0.302 e. The predicted molar refractivity (Wildman–Crippen MR) is 129 cm³/mol. The molecular formula is C29H45NO3. The highest BCUT2D eigenvalue weighted by Gasteiger charge is 2.68. The number of esters is 1. The average Bonchev–Trinajstić information content (AvgIpc) is 3.21. The topological polar surface area (TPSA) is 47.6 Å². The third kappa shape index (κ3) is 3.18. The lowest BCUT2D eigenvalue weighted by molar-refractivity contribution is -0.148. The first-order valence-electron chi connectivity index (χ1n) is 14.0. The van der Waals surface area contributed by atoms with Gasteiger partial charge in [-0.1, -0.05) is 39.3 Å². The molecule has 6 unspecified atom stereocenters. The van der Waals surface area contributed by atoms with Crippen molar-refractivity contribution in [1.29, 1.82) is 0 Å². The van der Waals surface area contributed by atoms with Crippen molar-refractivity contribution >= 4 is 5.97 Å². The van der Waals surface area contributed by atoms with E-state index in [0.717, 1.165) is 43.1 Å². The molecule has 0 aromatic rings. The Kier molecular flexibility index (Phi) is 5.18. The lowest BCUT2D eigenvalue weighted by Gasteiger charge is -2.58. The van der Waals surface area contributed by atoms with E-state index in [4.69, 9.17) is 9.47 Å². The summed E-state index contributed by atoms with van der Waals surface area (Å²) in [5.41, 5.74) is 2.24. The van der Waals surface area contributed by atoms with Gasteiger partial charge in [-0.3, -0.25) is 10.1 Å². The van der Waals surface area contributed by atoms with Crippen molar-refractivity contribution in [2.75, 3.05) is 6.54 Å². The zero-order valence-electron chi connectivity index (χ0n) is 21.5. The number of ether oxygens (including phenoxy) is 2. The molecule has 4 aliphatic carbocycles. The first-order valence-corrected chi connectivity index (χ1v) is 14.0. The standard InChI is InChI=1S/C29H45NO3/c1-17-8-13-29(30-16-17)18(2)26-25(33-29)15-24-22-7-6-20-14-21(32-19(3)31)9-11-27(20,4)23(22)10-12-28(24,26)5/h6,17-18,21-26,30H,7-16H2,1-5H3/t17?,18?,21-,22+,23?,24?,25?,26?,27-,28-,29-/m1/s1. The minimum absolute atomic E-state index is 0.0621. The highest BCUT2D eigenvalue weighted by atomic mass is 16.5. The monoisotopic (exact) mass is 455 g/mol. The fourth-order valence-electron chi connectivity index (χ4n) is 10.2. The van der Waals surface area contributed by atoms with Crippen molar-refractivity contribution < 1.29 is 14.3 Å². The highest BCUT2D eigenvalue weighted by Crippen LogP contribution is 2.70. The maximum atomic E-state index is 11.5. The SMILES string of the molecule is CC(=O)O[C@@H]1CC[C@]2(C)C(=CC[C@@H]3C4CC5O[C@]6(CCC(C)CN6)C(C)C5[C@]4(C)CCC32)C1. The van der Waals surface area contributed by atoms with Gasteiger partial charge in [-0.25, -0.2) is 0 Å². The van der Waals surface area contributed by atoms with Crippen molar-refractivity contribution in [3.05, 3.63) is 11.6 Å². The zero-order chi connectivity index (χ0) is 23.2. The van der Waals surface area contributed by atoms with Gasteiger partial charge in [-0.2, -0.15) is 0 Å². The van der Waals surface area contributed by atoms with E-state index in [2.05, 4.69) is 39.1 Å². The Morgan fingerprint density at radius 3 is 2.67 bits per heavy atom. The van der Waals surface area contributed by atoms with Gasteiger partial charge >= 0.3 is 5.97 Å². The fraction of sp³-hybridized carbons (Fsp3) is 0.897. The van der Waals surface area contributed by atoms with Gasteiger partial charge in [-0.05, 0) is 91.8 Å². The summed E-state index contributed by atoms with van der Waals surface area (Å²) >= 11 is 0. The van der Waals surface area contributed by atoms with Crippen LogP contribution in [0.3, 0.4) is 0 Å². The number of rotatable bonds is 1. The summed E-state index contributed by atoms with van der Waals surface area (Å²) in [6.07, 6.45) is 13.9. The average molecular weight is 456 g/mol. The zero-order valence-corrected chi connectivity index (χ0v) is 21.5. The minimum Gasteiger partial charge on any atom is -0.462 e. The summed E-state index contributed by atoms with van der Waals surface area (Å²) in [5.74, 6) is 4.30. The second kappa shape index (κ2) is 7.56. The van der Waals surface area contributed by atoms with Crippen molar-refractivity contribution in [2.24, 2.45) is 46.3 Å². The van der Waals surface area contributed by atoms with Gasteiger partial charge in [0.2, 0.25) is 0 Å². The molecule has 5 fully saturated rings. The number of piperidine rings is 1. The van der Waals surface area contributed by atoms with Crippen molar-refractivity contribution in [3.8, 4) is 0 Å². The van der Waals surface area contributed by atoms with Crippen LogP contribution in [0.25, 0.3) is 0 Å². The summed E-state index contributed by atoms with van der Waals surface area (Å²) in [5, 5.41) is 3.88. The van der Waals surface area contributed by atoms with Crippen LogP contribution >= 0.6 is 0 Å². The Bertz CT molecular complexity index is 844. The molecule has 4 nitrogen and oxygen atoms in total. The number of hydrogen-bond acceptors (Lipinski definition) is 4. The van der Waals surface area contributed by atoms with Gasteiger partial charge in [0.1, 0.15) is 11.8 Å². The van der Waals surface area contributed by atoms with Crippen LogP contribution in [0.5, 0.6) is 0 Å². The molecule has 3 saturated carbocycles. The van der Waals surface area contributed by atoms with Crippen LogP contribution in [0.1, 0.15) is 92.4 Å². The van der Waals surface area contributed by atoms with E-state index in [1.807, 2.05) is 0 Å². The van der Waals surface area contributed by atoms with Gasteiger partial charge in [0, 0.05) is 25.8 Å². The lowest BCUT2D eigenvalue weighted by atomic mass is 9.47. The molecule has 33 heavy (non-hydrogen) atoms. The summed E-state index contributed by atoms with van der Waals surface area (Å²) in [4.78, 5) is 11.5. The first kappa shape index (κ1) is 22.6. The Morgan fingerprint density at radius 1 is 1.12 bits per heavy atom. The molecule has 0 aromatic carbocycles. The van der Waals surface area contributed by atoms with E-state index in [0.29, 0.717) is 28.8 Å². The summed E-state index contributed by atoms with van der Waals surface area (Å²) in [6.45, 7) is 12.7. The van der Waals surface area contributed by atoms with Crippen molar-refractivity contribution in [2.45, 2.75) is 110 Å². The van der Waals surface area contributed by atoms with Gasteiger partial charge in [0.25, 0.3) is 0 Å². The molecule has 11 atom stereocenters. The van der Waals surface area contributed by atoms with Crippen molar-refractivity contribution in [1.82, 2.24) is 5.32 Å². The van der Waals surface area contributed by atoms with E-state index in [1.165, 1.54) is 44.9 Å². The van der Waals surface area contributed by atoms with Crippen LogP contribution in [0.15, 0.2) is 11.6 Å². The van der Waals surface area contributed by atoms with Crippen LogP contribution in [-0.4, -0.2) is 30.4 Å². The van der Waals surface area contributed by atoms with Crippen LogP contribution in [0.4, 0.5) is 0 Å². The number of nitrogens with one attached hydrogen (secondary N) is 1. The molecular weight excluding hydrogens is 410 g/mol. The smallest absolute Gasteiger partial charge is 0.302 e. The normalized spacial score (nSPS) is 55.2. The molecule has 0 aromatic heterocycles. The number of hydrogen-bond donors (Lipinski definition) is 1. The van der Waals surface area contributed by atoms with Gasteiger partial charge in [0.15, 0.2) is 0 Å². The minimum atomic E-state index is -0.127. The lowest BCUT2D eigenvalue weighted by Crippen LogP contribution is -2.57. The fourth-order valence-corrected chi connectivity index (χ4v) is 10.2. The number of allylic oxidation sites excluding steroid dienone is 1. The molecule has 2 heterocycles. The van der Waals surface area contributed by atoms with E-state index in [-0.39, 0.29) is 17.8 Å². The molecule has 1 N–H and O–H groups in total. The Morgan fingerprint density at radius 2 is 1.94 bits per heavy atom. The maximum absolute atomic E-state index is 11.5. The molecule has 2 saturated heterocycles. The summed E-state index contributed by atoms with van der Waals surface area (Å²) in [7, 11) is 0. The summed E-state index contributed by atoms with van der Waals surface area (Å²) in [6, 6.07) is 0. The summed E-state index contributed by atoms with van der Waals surface area (Å²) < 4.78 is 12.6. The molecule has 184 valence electrons. The number of carbonyl (C=O) groups excluding carboxylic acids is 1. The molecule has 0 amide bonds. The Hall–Kier alpha value is -0.870. The molecule has 2 aliphatic heterocycles. The first-order chi connectivity index (χ1) is 15.7. The predicted octanol–water partition coefficient (Wildman–Crippen LogP) is 5.86. The van der Waals surface area contributed by atoms with Crippen molar-refractivity contribution in [3.63, 3.8) is 0 Å². The molecule has 0 bridgehead atoms. The molecule has 6 aliphatic rings. The second-order valence-corrected chi connectivity index (χ2v) is 13.4. The Labute approximate surface area is 200 Å². The van der Waals surface area contributed by atoms with Gasteiger partial charge in [0.05, 0.1) is 6.10 Å². The quantitative estimate of drug-likeness (QED) is 0.397. The highest BCUT2D eigenvalue weighted by molar-refractivity contribution is 5.66. The third-order valence-corrected chi connectivity index (χ3v) is 11.9. The Balaban J connectivity index is 1.24. The van der Waals surface area contributed by atoms with E-state index in [1.54, 1.807) is 12.5 Å².